The summed E-state index contributed by atoms with van der Waals surface area (Å²) in [6, 6.07) is 9.84. The van der Waals surface area contributed by atoms with Gasteiger partial charge in [0.25, 0.3) is 0 Å². The minimum absolute atomic E-state index is 0.171. The maximum atomic E-state index is 12.7. The summed E-state index contributed by atoms with van der Waals surface area (Å²) in [5.74, 6) is 0.958. The summed E-state index contributed by atoms with van der Waals surface area (Å²) in [6.45, 7) is 8.18. The molecule has 0 unspecified atom stereocenters. The first-order valence-electron chi connectivity index (χ1n) is 7.17. The third-order valence-corrected chi connectivity index (χ3v) is 4.14. The number of carbonyl (C=O) groups is 1. The fraction of sp³-hybridized carbons (Fsp3) is 0.316. The molecule has 0 aliphatic heterocycles. The fourth-order valence-electron chi connectivity index (χ4n) is 2.69. The number of hydrogen-bond donors (Lipinski definition) is 0. The largest absolute Gasteiger partial charge is 0.497 e. The second-order valence-corrected chi connectivity index (χ2v) is 5.59. The van der Waals surface area contributed by atoms with Crippen molar-refractivity contribution in [2.75, 3.05) is 7.11 Å². The number of ketones is 1. The van der Waals surface area contributed by atoms with Gasteiger partial charge in [0.2, 0.25) is 0 Å². The van der Waals surface area contributed by atoms with Crippen LogP contribution in [0.1, 0.15) is 38.2 Å². The highest BCUT2D eigenvalue weighted by atomic mass is 16.5. The zero-order valence-corrected chi connectivity index (χ0v) is 13.4. The van der Waals surface area contributed by atoms with E-state index >= 15 is 0 Å². The van der Waals surface area contributed by atoms with Gasteiger partial charge in [-0.05, 0) is 67.6 Å². The molecule has 2 aromatic rings. The van der Waals surface area contributed by atoms with E-state index in [9.17, 15) is 4.79 Å². The van der Waals surface area contributed by atoms with E-state index in [0.29, 0.717) is 6.42 Å². The number of benzene rings is 2. The average Bonchev–Trinajstić information content (AvgIpc) is 2.45. The Morgan fingerprint density at radius 3 is 2.19 bits per heavy atom. The second-order valence-electron chi connectivity index (χ2n) is 5.59. The molecular formula is C19H22O2. The zero-order valence-electron chi connectivity index (χ0n) is 13.4. The van der Waals surface area contributed by atoms with Crippen LogP contribution in [0.15, 0.2) is 30.3 Å². The summed E-state index contributed by atoms with van der Waals surface area (Å²) in [4.78, 5) is 12.7. The van der Waals surface area contributed by atoms with Gasteiger partial charge in [0.05, 0.1) is 7.11 Å². The molecule has 0 spiro atoms. The minimum Gasteiger partial charge on any atom is -0.497 e. The number of Topliss-reactive ketones (excluding diaryl/α,β-unsaturated/α-hetero) is 1. The van der Waals surface area contributed by atoms with Gasteiger partial charge in [0, 0.05) is 12.0 Å². The summed E-state index contributed by atoms with van der Waals surface area (Å²) in [7, 11) is 1.64. The number of hydrogen-bond acceptors (Lipinski definition) is 2. The SMILES string of the molecule is COc1cccc(CC(=O)c2c(C)c(C)cc(C)c2C)c1. The van der Waals surface area contributed by atoms with E-state index in [2.05, 4.69) is 19.9 Å². The molecule has 0 bridgehead atoms. The van der Waals surface area contributed by atoms with Crippen LogP contribution in [-0.4, -0.2) is 12.9 Å². The summed E-state index contributed by atoms with van der Waals surface area (Å²) in [6.07, 6.45) is 0.405. The monoisotopic (exact) mass is 282 g/mol. The molecule has 2 rings (SSSR count). The number of carbonyl (C=O) groups excluding carboxylic acids is 1. The van der Waals surface area contributed by atoms with Gasteiger partial charge in [-0.2, -0.15) is 0 Å². The lowest BCUT2D eigenvalue weighted by Crippen LogP contribution is -2.10. The molecule has 0 atom stereocenters. The molecule has 21 heavy (non-hydrogen) atoms. The van der Waals surface area contributed by atoms with E-state index in [4.69, 9.17) is 4.74 Å². The highest BCUT2D eigenvalue weighted by Gasteiger charge is 2.16. The summed E-state index contributed by atoms with van der Waals surface area (Å²) in [5.41, 5.74) is 6.38. The van der Waals surface area contributed by atoms with Gasteiger partial charge in [0.15, 0.2) is 5.78 Å². The van der Waals surface area contributed by atoms with E-state index < -0.39 is 0 Å². The number of aryl methyl sites for hydroxylation is 2. The predicted molar refractivity (Wildman–Crippen MR) is 86.4 cm³/mol. The van der Waals surface area contributed by atoms with Crippen LogP contribution >= 0.6 is 0 Å². The number of ether oxygens (including phenoxy) is 1. The molecule has 0 N–H and O–H groups in total. The van der Waals surface area contributed by atoms with Gasteiger partial charge < -0.3 is 4.74 Å². The van der Waals surface area contributed by atoms with Crippen molar-refractivity contribution in [2.24, 2.45) is 0 Å². The molecule has 0 aliphatic carbocycles. The predicted octanol–water partition coefficient (Wildman–Crippen LogP) is 4.35. The quantitative estimate of drug-likeness (QED) is 0.779. The summed E-state index contributed by atoms with van der Waals surface area (Å²) in [5, 5.41) is 0. The molecular weight excluding hydrogens is 260 g/mol. The van der Waals surface area contributed by atoms with Crippen molar-refractivity contribution in [1.82, 2.24) is 0 Å². The van der Waals surface area contributed by atoms with Gasteiger partial charge in [-0.25, -0.2) is 0 Å². The molecule has 0 aliphatic rings. The smallest absolute Gasteiger partial charge is 0.167 e. The van der Waals surface area contributed by atoms with Crippen LogP contribution in [0.2, 0.25) is 0 Å². The Kier molecular flexibility index (Phi) is 4.46. The fourth-order valence-corrected chi connectivity index (χ4v) is 2.69. The van der Waals surface area contributed by atoms with Crippen molar-refractivity contribution < 1.29 is 9.53 Å². The van der Waals surface area contributed by atoms with Crippen molar-refractivity contribution in [1.29, 1.82) is 0 Å². The lowest BCUT2D eigenvalue weighted by molar-refractivity contribution is 0.0991. The first-order valence-corrected chi connectivity index (χ1v) is 7.17. The summed E-state index contributed by atoms with van der Waals surface area (Å²) >= 11 is 0. The van der Waals surface area contributed by atoms with Crippen molar-refractivity contribution in [3.8, 4) is 5.75 Å². The maximum Gasteiger partial charge on any atom is 0.167 e. The Labute approximate surface area is 126 Å². The van der Waals surface area contributed by atoms with Gasteiger partial charge >= 0.3 is 0 Å². The third-order valence-electron chi connectivity index (χ3n) is 4.14. The third kappa shape index (κ3) is 3.15. The van der Waals surface area contributed by atoms with Crippen LogP contribution in [0.5, 0.6) is 5.75 Å². The molecule has 2 heteroatoms. The molecule has 2 nitrogen and oxygen atoms in total. The highest BCUT2D eigenvalue weighted by Crippen LogP contribution is 2.24. The number of rotatable bonds is 4. The Morgan fingerprint density at radius 1 is 1.00 bits per heavy atom. The van der Waals surface area contributed by atoms with Crippen LogP contribution in [0.4, 0.5) is 0 Å². The van der Waals surface area contributed by atoms with E-state index in [1.165, 1.54) is 11.1 Å². The van der Waals surface area contributed by atoms with Gasteiger partial charge in [-0.15, -0.1) is 0 Å². The first kappa shape index (κ1) is 15.3. The number of methoxy groups -OCH3 is 1. The first-order chi connectivity index (χ1) is 9.93. The van der Waals surface area contributed by atoms with E-state index in [0.717, 1.165) is 28.0 Å². The minimum atomic E-state index is 0.171. The molecule has 0 heterocycles. The van der Waals surface area contributed by atoms with Crippen LogP contribution in [0.25, 0.3) is 0 Å². The molecule has 2 aromatic carbocycles. The van der Waals surface area contributed by atoms with Crippen molar-refractivity contribution in [3.05, 3.63) is 63.7 Å². The van der Waals surface area contributed by atoms with Gasteiger partial charge in [-0.1, -0.05) is 18.2 Å². The van der Waals surface area contributed by atoms with E-state index in [-0.39, 0.29) is 5.78 Å². The standard InChI is InChI=1S/C19H22O2/c1-12-9-13(2)15(4)19(14(12)3)18(20)11-16-7-6-8-17(10-16)21-5/h6-10H,11H2,1-5H3. The Balaban J connectivity index is 2.37. The van der Waals surface area contributed by atoms with E-state index in [1.54, 1.807) is 7.11 Å². The molecule has 0 fully saturated rings. The van der Waals surface area contributed by atoms with Crippen LogP contribution in [0, 0.1) is 27.7 Å². The molecule has 0 aromatic heterocycles. The Hall–Kier alpha value is -2.09. The molecule has 0 radical (unpaired) electrons. The van der Waals surface area contributed by atoms with Crippen LogP contribution in [0.3, 0.4) is 0 Å². The average molecular weight is 282 g/mol. The topological polar surface area (TPSA) is 26.3 Å². The Morgan fingerprint density at radius 2 is 1.62 bits per heavy atom. The van der Waals surface area contributed by atoms with Gasteiger partial charge in [0.1, 0.15) is 5.75 Å². The van der Waals surface area contributed by atoms with Crippen molar-refractivity contribution in [2.45, 2.75) is 34.1 Å². The molecule has 0 amide bonds. The summed E-state index contributed by atoms with van der Waals surface area (Å²) < 4.78 is 5.22. The molecule has 0 saturated heterocycles. The van der Waals surface area contributed by atoms with Gasteiger partial charge in [-0.3, -0.25) is 4.79 Å². The zero-order chi connectivity index (χ0) is 15.6. The maximum absolute atomic E-state index is 12.7. The Bertz CT molecular complexity index is 658. The molecule has 0 saturated carbocycles. The van der Waals surface area contributed by atoms with Crippen LogP contribution in [-0.2, 0) is 6.42 Å². The lowest BCUT2D eigenvalue weighted by Gasteiger charge is -2.14. The normalized spacial score (nSPS) is 10.5. The van der Waals surface area contributed by atoms with Crippen molar-refractivity contribution >= 4 is 5.78 Å². The molecule has 110 valence electrons. The second kappa shape index (κ2) is 6.13. The lowest BCUT2D eigenvalue weighted by atomic mass is 9.89. The van der Waals surface area contributed by atoms with E-state index in [1.807, 2.05) is 38.1 Å². The van der Waals surface area contributed by atoms with Crippen molar-refractivity contribution in [3.63, 3.8) is 0 Å². The van der Waals surface area contributed by atoms with Crippen LogP contribution < -0.4 is 4.74 Å². The highest BCUT2D eigenvalue weighted by molar-refractivity contribution is 6.00.